The molecule has 2 amide bonds. The Hall–Kier alpha value is -4.09. The topological polar surface area (TPSA) is 158 Å². The van der Waals surface area contributed by atoms with Crippen LogP contribution in [-0.4, -0.2) is 68.6 Å². The number of aromatic nitrogens is 4. The van der Waals surface area contributed by atoms with Crippen molar-refractivity contribution >= 4 is 63.4 Å². The van der Waals surface area contributed by atoms with E-state index in [2.05, 4.69) is 42.6 Å². The molecule has 13 heteroatoms. The molecule has 6 N–H and O–H groups in total. The molecule has 0 saturated heterocycles. The van der Waals surface area contributed by atoms with Gasteiger partial charge in [-0.25, -0.2) is 9.97 Å². The number of imidazole rings is 2. The van der Waals surface area contributed by atoms with E-state index in [9.17, 15) is 9.59 Å². The molecular formula is C29H35Cl2N9O2. The third-order valence-electron chi connectivity index (χ3n) is 6.67. The standard InChI is InChI=1S/C29H35Cl2N9O2/c1-39-18-25(37-26(41)8-4-6-19-5-2-3-7-23(19)40(15-12-30)16-13-31)38-28(39)27-35-21-10-9-20(17-22(21)36-27)29(42)34-14-11-24(32)33/h2-3,5,7,9-10,17-18H,4,6,8,11-16H2,1H3,(H3,32,33)(H,34,42)(H,35,36)(H,37,41). The molecule has 0 aliphatic heterocycles. The van der Waals surface area contributed by atoms with Crippen molar-refractivity contribution in [3.05, 3.63) is 59.8 Å². The second kappa shape index (κ2) is 14.7. The number of anilines is 2. The van der Waals surface area contributed by atoms with Gasteiger partial charge in [-0.15, -0.1) is 23.2 Å². The maximum absolute atomic E-state index is 12.8. The molecular weight excluding hydrogens is 577 g/mol. The number of H-pyrrole nitrogens is 1. The van der Waals surface area contributed by atoms with Crippen molar-refractivity contribution in [1.82, 2.24) is 24.8 Å². The number of benzene rings is 2. The molecule has 2 aromatic heterocycles. The van der Waals surface area contributed by atoms with Gasteiger partial charge in [0.2, 0.25) is 5.91 Å². The van der Waals surface area contributed by atoms with Gasteiger partial charge in [0.05, 0.1) is 16.9 Å². The zero-order valence-electron chi connectivity index (χ0n) is 23.4. The van der Waals surface area contributed by atoms with Crippen molar-refractivity contribution in [3.63, 3.8) is 0 Å². The number of carbonyl (C=O) groups is 2. The lowest BCUT2D eigenvalue weighted by molar-refractivity contribution is -0.116. The van der Waals surface area contributed by atoms with Crippen LogP contribution in [0.1, 0.15) is 35.2 Å². The molecule has 11 nitrogen and oxygen atoms in total. The number of alkyl halides is 2. The number of aromatic amines is 1. The van der Waals surface area contributed by atoms with Crippen LogP contribution in [0.25, 0.3) is 22.7 Å². The number of halogens is 2. The number of nitrogens with two attached hydrogens (primary N) is 1. The number of amides is 2. The third-order valence-corrected chi connectivity index (χ3v) is 7.01. The molecule has 0 radical (unpaired) electrons. The van der Waals surface area contributed by atoms with Crippen molar-refractivity contribution in [3.8, 4) is 11.6 Å². The van der Waals surface area contributed by atoms with Gasteiger partial charge in [-0.1, -0.05) is 18.2 Å². The molecule has 4 rings (SSSR count). The monoisotopic (exact) mass is 611 g/mol. The van der Waals surface area contributed by atoms with Crippen LogP contribution in [0.5, 0.6) is 0 Å². The van der Waals surface area contributed by atoms with Crippen LogP contribution in [-0.2, 0) is 18.3 Å². The van der Waals surface area contributed by atoms with E-state index in [-0.39, 0.29) is 30.6 Å². The first-order valence-corrected chi connectivity index (χ1v) is 14.7. The summed E-state index contributed by atoms with van der Waals surface area (Å²) in [5.41, 5.74) is 9.41. The van der Waals surface area contributed by atoms with Gasteiger partial charge < -0.3 is 30.8 Å². The highest BCUT2D eigenvalue weighted by molar-refractivity contribution is 6.18. The van der Waals surface area contributed by atoms with Crippen LogP contribution in [0.2, 0.25) is 0 Å². The summed E-state index contributed by atoms with van der Waals surface area (Å²) in [6.45, 7) is 1.70. The van der Waals surface area contributed by atoms with Crippen molar-refractivity contribution in [2.24, 2.45) is 12.8 Å². The zero-order chi connectivity index (χ0) is 30.1. The lowest BCUT2D eigenvalue weighted by Crippen LogP contribution is -2.28. The molecule has 2 aromatic carbocycles. The molecule has 0 bridgehead atoms. The van der Waals surface area contributed by atoms with E-state index >= 15 is 0 Å². The second-order valence-electron chi connectivity index (χ2n) is 9.80. The van der Waals surface area contributed by atoms with Crippen LogP contribution in [0.4, 0.5) is 11.5 Å². The predicted molar refractivity (Wildman–Crippen MR) is 169 cm³/mol. The van der Waals surface area contributed by atoms with Crippen LogP contribution < -0.4 is 21.3 Å². The molecule has 0 spiro atoms. The molecule has 2 heterocycles. The second-order valence-corrected chi connectivity index (χ2v) is 10.6. The van der Waals surface area contributed by atoms with Crippen molar-refractivity contribution < 1.29 is 9.59 Å². The number of nitrogens with one attached hydrogen (secondary N) is 4. The first-order valence-electron chi connectivity index (χ1n) is 13.7. The first kappa shape index (κ1) is 30.9. The van der Waals surface area contributed by atoms with Crippen LogP contribution in [0.15, 0.2) is 48.7 Å². The molecule has 0 aliphatic rings. The Kier molecular flexibility index (Phi) is 10.8. The molecule has 0 unspecified atom stereocenters. The molecule has 0 saturated carbocycles. The van der Waals surface area contributed by atoms with Crippen molar-refractivity contribution in [1.29, 1.82) is 5.41 Å². The largest absolute Gasteiger partial charge is 0.388 e. The van der Waals surface area contributed by atoms with E-state index in [0.29, 0.717) is 71.8 Å². The average molecular weight is 613 g/mol. The van der Waals surface area contributed by atoms with Gasteiger partial charge in [0.15, 0.2) is 17.5 Å². The third kappa shape index (κ3) is 8.01. The number of para-hydroxylation sites is 1. The van der Waals surface area contributed by atoms with Gasteiger partial charge in [-0.2, -0.15) is 0 Å². The maximum atomic E-state index is 12.8. The maximum Gasteiger partial charge on any atom is 0.251 e. The fourth-order valence-electron chi connectivity index (χ4n) is 4.65. The van der Waals surface area contributed by atoms with E-state index in [1.54, 1.807) is 29.0 Å². The highest BCUT2D eigenvalue weighted by Crippen LogP contribution is 2.24. The lowest BCUT2D eigenvalue weighted by atomic mass is 10.0. The van der Waals surface area contributed by atoms with Gasteiger partial charge in [-0.05, 0) is 42.7 Å². The molecule has 0 fully saturated rings. The van der Waals surface area contributed by atoms with E-state index < -0.39 is 0 Å². The van der Waals surface area contributed by atoms with Crippen LogP contribution >= 0.6 is 23.2 Å². The van der Waals surface area contributed by atoms with E-state index in [1.165, 1.54) is 0 Å². The SMILES string of the molecule is Cn1cc(NC(=O)CCCc2ccccc2N(CCCl)CCCl)nc1-c1nc2ccc(C(=O)NCCC(=N)N)cc2[nH]1. The highest BCUT2D eigenvalue weighted by Gasteiger charge is 2.16. The van der Waals surface area contributed by atoms with E-state index in [0.717, 1.165) is 17.7 Å². The molecule has 0 aliphatic carbocycles. The summed E-state index contributed by atoms with van der Waals surface area (Å²) in [5, 5.41) is 12.9. The summed E-state index contributed by atoms with van der Waals surface area (Å²) in [6, 6.07) is 13.3. The van der Waals surface area contributed by atoms with Gasteiger partial charge in [0, 0.05) is 68.7 Å². The van der Waals surface area contributed by atoms with Crippen molar-refractivity contribution in [2.75, 3.05) is 41.6 Å². The minimum Gasteiger partial charge on any atom is -0.388 e. The number of fused-ring (bicyclic) bond motifs is 1. The van der Waals surface area contributed by atoms with Gasteiger partial charge in [0.25, 0.3) is 5.91 Å². The zero-order valence-corrected chi connectivity index (χ0v) is 24.9. The molecule has 0 atom stereocenters. The fraction of sp³-hybridized carbons (Fsp3) is 0.345. The number of amidine groups is 1. The summed E-state index contributed by atoms with van der Waals surface area (Å²) in [4.78, 5) is 39.8. The average Bonchev–Trinajstić information content (AvgIpc) is 3.55. The quantitative estimate of drug-likeness (QED) is 0.0767. The van der Waals surface area contributed by atoms with Crippen LogP contribution in [0.3, 0.4) is 0 Å². The van der Waals surface area contributed by atoms with E-state index in [4.69, 9.17) is 34.3 Å². The number of rotatable bonds is 15. The number of nitrogens with zero attached hydrogens (tertiary/aromatic N) is 4. The molecule has 42 heavy (non-hydrogen) atoms. The normalized spacial score (nSPS) is 11.0. The summed E-state index contributed by atoms with van der Waals surface area (Å²) in [6.07, 6.45) is 3.78. The summed E-state index contributed by atoms with van der Waals surface area (Å²) >= 11 is 12.0. The highest BCUT2D eigenvalue weighted by atomic mass is 35.5. The van der Waals surface area contributed by atoms with Crippen LogP contribution in [0, 0.1) is 5.41 Å². The Balaban J connectivity index is 1.36. The Bertz CT molecular complexity index is 1540. The predicted octanol–water partition coefficient (Wildman–Crippen LogP) is 4.26. The Morgan fingerprint density at radius 1 is 1.10 bits per heavy atom. The number of hydrogen-bond donors (Lipinski definition) is 5. The summed E-state index contributed by atoms with van der Waals surface area (Å²) in [5.74, 6) is 2.13. The number of hydrogen-bond acceptors (Lipinski definition) is 6. The summed E-state index contributed by atoms with van der Waals surface area (Å²) in [7, 11) is 1.82. The Labute approximate surface area is 254 Å². The Morgan fingerprint density at radius 3 is 2.60 bits per heavy atom. The number of aryl methyl sites for hydroxylation is 2. The van der Waals surface area contributed by atoms with Gasteiger partial charge in [-0.3, -0.25) is 15.0 Å². The lowest BCUT2D eigenvalue weighted by Gasteiger charge is -2.25. The fourth-order valence-corrected chi connectivity index (χ4v) is 5.06. The Morgan fingerprint density at radius 2 is 1.86 bits per heavy atom. The first-order chi connectivity index (χ1) is 20.3. The van der Waals surface area contributed by atoms with E-state index in [1.807, 2.05) is 19.2 Å². The van der Waals surface area contributed by atoms with Gasteiger partial charge >= 0.3 is 0 Å². The molecule has 222 valence electrons. The number of carbonyl (C=O) groups excluding carboxylic acids is 2. The molecule has 4 aromatic rings. The minimum absolute atomic E-state index is 0.0177. The van der Waals surface area contributed by atoms with Crippen molar-refractivity contribution in [2.45, 2.75) is 25.7 Å². The minimum atomic E-state index is -0.261. The smallest absolute Gasteiger partial charge is 0.251 e. The summed E-state index contributed by atoms with van der Waals surface area (Å²) < 4.78 is 1.78. The van der Waals surface area contributed by atoms with Gasteiger partial charge in [0.1, 0.15) is 0 Å².